The largest absolute Gasteiger partial charge is 0.494 e. The van der Waals surface area contributed by atoms with E-state index in [-0.39, 0.29) is 0 Å². The molecule has 1 fully saturated rings. The molecule has 118 valence electrons. The number of rotatable bonds is 8. The Morgan fingerprint density at radius 1 is 1.14 bits per heavy atom. The van der Waals surface area contributed by atoms with Crippen molar-refractivity contribution in [1.82, 2.24) is 5.32 Å². The van der Waals surface area contributed by atoms with Crippen LogP contribution in [0.25, 0.3) is 0 Å². The zero-order valence-corrected chi connectivity index (χ0v) is 13.7. The maximum atomic E-state index is 5.82. The van der Waals surface area contributed by atoms with E-state index < -0.39 is 0 Å². The lowest BCUT2D eigenvalue weighted by atomic mass is 9.74. The van der Waals surface area contributed by atoms with E-state index in [0.717, 1.165) is 36.7 Å². The minimum atomic E-state index is 0.717. The van der Waals surface area contributed by atoms with Gasteiger partial charge in [0.2, 0.25) is 0 Å². The summed E-state index contributed by atoms with van der Waals surface area (Å²) in [7, 11) is 2.12. The van der Waals surface area contributed by atoms with Crippen LogP contribution >= 0.6 is 0 Å². The van der Waals surface area contributed by atoms with Crippen LogP contribution in [0.1, 0.15) is 51.9 Å². The van der Waals surface area contributed by atoms with Gasteiger partial charge in [-0.1, -0.05) is 38.0 Å². The van der Waals surface area contributed by atoms with Crippen molar-refractivity contribution >= 4 is 0 Å². The maximum absolute atomic E-state index is 5.82. The van der Waals surface area contributed by atoms with Gasteiger partial charge in [0.05, 0.1) is 6.61 Å². The topological polar surface area (TPSA) is 21.3 Å². The molecule has 21 heavy (non-hydrogen) atoms. The van der Waals surface area contributed by atoms with Gasteiger partial charge in [-0.25, -0.2) is 0 Å². The van der Waals surface area contributed by atoms with Gasteiger partial charge in [0.15, 0.2) is 0 Å². The fourth-order valence-electron chi connectivity index (χ4n) is 3.78. The second-order valence-corrected chi connectivity index (χ2v) is 6.43. The second kappa shape index (κ2) is 9.09. The van der Waals surface area contributed by atoms with Crippen LogP contribution < -0.4 is 10.1 Å². The minimum Gasteiger partial charge on any atom is -0.494 e. The van der Waals surface area contributed by atoms with Crippen LogP contribution in [0.4, 0.5) is 0 Å². The fraction of sp³-hybridized carbons (Fsp3) is 0.684. The molecular weight excluding hydrogens is 258 g/mol. The minimum absolute atomic E-state index is 0.717. The lowest BCUT2D eigenvalue weighted by molar-refractivity contribution is 0.180. The molecule has 0 aliphatic heterocycles. The zero-order chi connectivity index (χ0) is 14.9. The fourth-order valence-corrected chi connectivity index (χ4v) is 3.78. The van der Waals surface area contributed by atoms with Crippen molar-refractivity contribution in [2.45, 2.75) is 57.9 Å². The van der Waals surface area contributed by atoms with Crippen molar-refractivity contribution < 1.29 is 4.74 Å². The van der Waals surface area contributed by atoms with E-state index in [2.05, 4.69) is 19.3 Å². The molecule has 1 N–H and O–H groups in total. The van der Waals surface area contributed by atoms with Gasteiger partial charge in [-0.05, 0) is 63.1 Å². The first-order valence-electron chi connectivity index (χ1n) is 8.68. The Bertz CT molecular complexity index is 378. The summed E-state index contributed by atoms with van der Waals surface area (Å²) in [6.07, 6.45) is 9.37. The smallest absolute Gasteiger partial charge is 0.119 e. The second-order valence-electron chi connectivity index (χ2n) is 6.43. The summed E-state index contributed by atoms with van der Waals surface area (Å²) in [4.78, 5) is 0. The van der Waals surface area contributed by atoms with Crippen molar-refractivity contribution in [1.29, 1.82) is 0 Å². The van der Waals surface area contributed by atoms with Gasteiger partial charge < -0.3 is 10.1 Å². The van der Waals surface area contributed by atoms with Crippen LogP contribution in [0.5, 0.6) is 5.75 Å². The molecule has 0 radical (unpaired) electrons. The molecule has 3 unspecified atom stereocenters. The third-order valence-corrected chi connectivity index (χ3v) is 4.89. The number of hydrogen-bond acceptors (Lipinski definition) is 2. The SMILES string of the molecule is CCCC1CCC(NC)C(CCCOc2ccccc2)C1. The average Bonchev–Trinajstić information content (AvgIpc) is 2.53. The molecule has 0 aromatic heterocycles. The molecule has 0 heterocycles. The number of ether oxygens (including phenoxy) is 1. The lowest BCUT2D eigenvalue weighted by Crippen LogP contribution is -2.38. The zero-order valence-electron chi connectivity index (χ0n) is 13.7. The van der Waals surface area contributed by atoms with Crippen LogP contribution in [-0.2, 0) is 0 Å². The third-order valence-electron chi connectivity index (χ3n) is 4.89. The number of benzene rings is 1. The van der Waals surface area contributed by atoms with Gasteiger partial charge in [-0.3, -0.25) is 0 Å². The summed E-state index contributed by atoms with van der Waals surface area (Å²) in [5.74, 6) is 2.79. The Morgan fingerprint density at radius 2 is 1.95 bits per heavy atom. The number of para-hydroxylation sites is 1. The van der Waals surface area contributed by atoms with Crippen molar-refractivity contribution in [2.75, 3.05) is 13.7 Å². The molecule has 1 aromatic carbocycles. The average molecular weight is 289 g/mol. The molecule has 0 bridgehead atoms. The summed E-state index contributed by atoms with van der Waals surface area (Å²) >= 11 is 0. The van der Waals surface area contributed by atoms with Gasteiger partial charge in [-0.15, -0.1) is 0 Å². The maximum Gasteiger partial charge on any atom is 0.119 e. The molecule has 0 spiro atoms. The quantitative estimate of drug-likeness (QED) is 0.703. The Hall–Kier alpha value is -1.02. The van der Waals surface area contributed by atoms with E-state index in [0.29, 0.717) is 0 Å². The predicted octanol–water partition coefficient (Wildman–Crippen LogP) is 4.65. The summed E-state index contributed by atoms with van der Waals surface area (Å²) in [5.41, 5.74) is 0. The van der Waals surface area contributed by atoms with Gasteiger partial charge in [0.1, 0.15) is 5.75 Å². The molecule has 0 saturated heterocycles. The molecule has 2 heteroatoms. The lowest BCUT2D eigenvalue weighted by Gasteiger charge is -2.36. The van der Waals surface area contributed by atoms with Crippen LogP contribution in [0.3, 0.4) is 0 Å². The van der Waals surface area contributed by atoms with E-state index >= 15 is 0 Å². The van der Waals surface area contributed by atoms with Crippen LogP contribution in [0.2, 0.25) is 0 Å². The van der Waals surface area contributed by atoms with Crippen molar-refractivity contribution in [3.8, 4) is 5.75 Å². The summed E-state index contributed by atoms with van der Waals surface area (Å²) in [5, 5.41) is 3.53. The van der Waals surface area contributed by atoms with E-state index in [9.17, 15) is 0 Å². The highest BCUT2D eigenvalue weighted by molar-refractivity contribution is 5.20. The monoisotopic (exact) mass is 289 g/mol. The van der Waals surface area contributed by atoms with Gasteiger partial charge in [0.25, 0.3) is 0 Å². The van der Waals surface area contributed by atoms with Gasteiger partial charge >= 0.3 is 0 Å². The molecule has 1 saturated carbocycles. The van der Waals surface area contributed by atoms with E-state index in [1.165, 1.54) is 38.5 Å². The predicted molar refractivity (Wildman–Crippen MR) is 89.8 cm³/mol. The Balaban J connectivity index is 1.71. The first-order chi connectivity index (χ1) is 10.3. The molecule has 1 aliphatic carbocycles. The van der Waals surface area contributed by atoms with Gasteiger partial charge in [0, 0.05) is 6.04 Å². The summed E-state index contributed by atoms with van der Waals surface area (Å²) < 4.78 is 5.82. The first kappa shape index (κ1) is 16.4. The summed E-state index contributed by atoms with van der Waals surface area (Å²) in [6, 6.07) is 10.9. The highest BCUT2D eigenvalue weighted by atomic mass is 16.5. The number of nitrogens with one attached hydrogen (secondary N) is 1. The molecular formula is C19H31NO. The first-order valence-corrected chi connectivity index (χ1v) is 8.68. The highest BCUT2D eigenvalue weighted by Crippen LogP contribution is 2.34. The third kappa shape index (κ3) is 5.35. The standard InChI is InChI=1S/C19H31NO/c1-3-8-16-12-13-19(20-2)17(15-16)9-7-14-21-18-10-5-4-6-11-18/h4-6,10-11,16-17,19-20H,3,7-9,12-15H2,1-2H3. The normalized spacial score (nSPS) is 25.7. The molecule has 0 amide bonds. The van der Waals surface area contributed by atoms with E-state index in [1.54, 1.807) is 0 Å². The Labute approximate surface area is 130 Å². The van der Waals surface area contributed by atoms with Crippen molar-refractivity contribution in [3.63, 3.8) is 0 Å². The van der Waals surface area contributed by atoms with E-state index in [1.807, 2.05) is 30.3 Å². The Kier molecular flexibility index (Phi) is 7.08. The number of hydrogen-bond donors (Lipinski definition) is 1. The van der Waals surface area contributed by atoms with Crippen LogP contribution in [-0.4, -0.2) is 19.7 Å². The van der Waals surface area contributed by atoms with Crippen LogP contribution in [0.15, 0.2) is 30.3 Å². The van der Waals surface area contributed by atoms with E-state index in [4.69, 9.17) is 4.74 Å². The molecule has 1 aromatic rings. The van der Waals surface area contributed by atoms with Crippen molar-refractivity contribution in [3.05, 3.63) is 30.3 Å². The highest BCUT2D eigenvalue weighted by Gasteiger charge is 2.28. The molecule has 2 rings (SSSR count). The van der Waals surface area contributed by atoms with Crippen LogP contribution in [0, 0.1) is 11.8 Å². The molecule has 3 atom stereocenters. The van der Waals surface area contributed by atoms with Crippen molar-refractivity contribution in [2.24, 2.45) is 11.8 Å². The van der Waals surface area contributed by atoms with Gasteiger partial charge in [-0.2, -0.15) is 0 Å². The molecule has 1 aliphatic rings. The molecule has 2 nitrogen and oxygen atoms in total. The Morgan fingerprint density at radius 3 is 2.67 bits per heavy atom. The summed E-state index contributed by atoms with van der Waals surface area (Å²) in [6.45, 7) is 3.16.